The molecule has 1 aliphatic carbocycles. The van der Waals surface area contributed by atoms with Gasteiger partial charge in [-0.3, -0.25) is 4.79 Å². The molecule has 0 saturated carbocycles. The maximum absolute atomic E-state index is 15.0. The highest BCUT2D eigenvalue weighted by Gasteiger charge is 2.74. The second-order valence-corrected chi connectivity index (χ2v) is 16.2. The van der Waals surface area contributed by atoms with E-state index in [-0.39, 0.29) is 67.3 Å². The zero-order chi connectivity index (χ0) is 33.4. The molecular formula is C28H28F8N2O5S2. The van der Waals surface area contributed by atoms with Gasteiger partial charge in [-0.1, -0.05) is 18.2 Å². The van der Waals surface area contributed by atoms with E-state index >= 15 is 0 Å². The van der Waals surface area contributed by atoms with E-state index in [1.807, 2.05) is 0 Å². The molecule has 0 radical (unpaired) electrons. The van der Waals surface area contributed by atoms with Gasteiger partial charge in [-0.25, -0.2) is 25.6 Å². The number of likely N-dealkylation sites (tertiary alicyclic amines) is 1. The summed E-state index contributed by atoms with van der Waals surface area (Å²) in [5.41, 5.74) is -1.72. The summed E-state index contributed by atoms with van der Waals surface area (Å²) in [6.07, 6.45) is -13.5. The minimum atomic E-state index is -6.39. The highest BCUT2D eigenvalue weighted by molar-refractivity contribution is 7.92. The summed E-state index contributed by atoms with van der Waals surface area (Å²) < 4.78 is 160. The molecule has 7 nitrogen and oxygen atoms in total. The number of halogens is 8. The van der Waals surface area contributed by atoms with Crippen molar-refractivity contribution in [3.8, 4) is 0 Å². The van der Waals surface area contributed by atoms with Crippen LogP contribution >= 0.6 is 0 Å². The Balaban J connectivity index is 1.62. The van der Waals surface area contributed by atoms with Crippen LogP contribution in [0.5, 0.6) is 0 Å². The SMILES string of the molecule is NC(C(=O)N1CC[C@@]2(S(=O)(=O)c3ccc(F)cc3)c3ccc(C(F)(C(F)(F)F)C(F)(F)F)cc3CC[C@@H]12)C1CCS(=O)(=O)CC1. The van der Waals surface area contributed by atoms with Crippen molar-refractivity contribution in [2.24, 2.45) is 11.7 Å². The molecule has 248 valence electrons. The van der Waals surface area contributed by atoms with Crippen molar-refractivity contribution in [1.82, 2.24) is 4.90 Å². The van der Waals surface area contributed by atoms with E-state index in [9.17, 15) is 56.8 Å². The largest absolute Gasteiger partial charge is 0.435 e. The predicted molar refractivity (Wildman–Crippen MR) is 144 cm³/mol. The Hall–Kier alpha value is -2.79. The van der Waals surface area contributed by atoms with Crippen molar-refractivity contribution in [3.05, 3.63) is 65.0 Å². The number of fused-ring (bicyclic) bond motifs is 3. The lowest BCUT2D eigenvalue weighted by molar-refractivity contribution is -0.348. The molecule has 2 fully saturated rings. The van der Waals surface area contributed by atoms with Crippen molar-refractivity contribution < 1.29 is 56.8 Å². The first kappa shape index (κ1) is 33.6. The molecule has 2 aromatic rings. The van der Waals surface area contributed by atoms with Crippen LogP contribution in [0.25, 0.3) is 0 Å². The molecule has 3 aliphatic rings. The normalized spacial score (nSPS) is 25.0. The lowest BCUT2D eigenvalue weighted by atomic mass is 9.76. The molecule has 2 saturated heterocycles. The number of amides is 1. The third-order valence-corrected chi connectivity index (χ3v) is 13.6. The smallest absolute Gasteiger partial charge is 0.336 e. The molecule has 2 heterocycles. The molecule has 2 aromatic carbocycles. The van der Waals surface area contributed by atoms with Gasteiger partial charge in [0.15, 0.2) is 9.84 Å². The number of hydrogen-bond donors (Lipinski definition) is 1. The van der Waals surface area contributed by atoms with Gasteiger partial charge in [0.2, 0.25) is 5.91 Å². The third-order valence-electron chi connectivity index (χ3n) is 9.34. The number of sulfone groups is 2. The van der Waals surface area contributed by atoms with Crippen LogP contribution < -0.4 is 5.73 Å². The third kappa shape index (κ3) is 5.22. The van der Waals surface area contributed by atoms with Gasteiger partial charge >= 0.3 is 18.0 Å². The van der Waals surface area contributed by atoms with Crippen LogP contribution in [0.1, 0.15) is 42.4 Å². The summed E-state index contributed by atoms with van der Waals surface area (Å²) in [4.78, 5) is 14.5. The van der Waals surface area contributed by atoms with Crippen LogP contribution in [0.3, 0.4) is 0 Å². The molecular weight excluding hydrogens is 660 g/mol. The van der Waals surface area contributed by atoms with Gasteiger partial charge in [0.05, 0.1) is 28.5 Å². The number of alkyl halides is 7. The number of aryl methyl sites for hydroxylation is 1. The molecule has 2 aliphatic heterocycles. The summed E-state index contributed by atoms with van der Waals surface area (Å²) in [5.74, 6) is -2.37. The molecule has 1 amide bonds. The second kappa shape index (κ2) is 10.9. The average molecular weight is 689 g/mol. The summed E-state index contributed by atoms with van der Waals surface area (Å²) in [6, 6.07) is 2.58. The molecule has 3 atom stereocenters. The molecule has 5 rings (SSSR count). The lowest BCUT2D eigenvalue weighted by Gasteiger charge is -2.43. The standard InChI is InChI=1S/C28H28F8N2O5S2/c29-19-3-5-20(6-4-19)45(42,43)25-11-12-38(24(39)23(37)16-9-13-44(40,41)14-10-16)22(25)8-1-17-15-18(2-7-21(17)25)26(30,27(31,32)33)28(34,35)36/h2-7,15-16,22-23H,1,8-14,37H2/t22-,23?,25-/m1/s1. The van der Waals surface area contributed by atoms with Crippen molar-refractivity contribution in [3.63, 3.8) is 0 Å². The first-order valence-corrected chi connectivity index (χ1v) is 17.2. The summed E-state index contributed by atoms with van der Waals surface area (Å²) in [5, 5.41) is 0. The lowest BCUT2D eigenvalue weighted by Crippen LogP contribution is -2.56. The van der Waals surface area contributed by atoms with Gasteiger partial charge in [-0.15, -0.1) is 0 Å². The van der Waals surface area contributed by atoms with E-state index in [0.717, 1.165) is 30.3 Å². The van der Waals surface area contributed by atoms with E-state index in [1.165, 1.54) is 4.90 Å². The Morgan fingerprint density at radius 1 is 0.933 bits per heavy atom. The van der Waals surface area contributed by atoms with Gasteiger partial charge in [0, 0.05) is 12.1 Å². The quantitative estimate of drug-likeness (QED) is 0.366. The number of nitrogens with zero attached hydrogens (tertiary/aromatic N) is 1. The van der Waals surface area contributed by atoms with E-state index in [0.29, 0.717) is 6.07 Å². The molecule has 2 N–H and O–H groups in total. The van der Waals surface area contributed by atoms with Crippen molar-refractivity contribution in [1.29, 1.82) is 0 Å². The van der Waals surface area contributed by atoms with Crippen LogP contribution in [0.4, 0.5) is 35.1 Å². The predicted octanol–water partition coefficient (Wildman–Crippen LogP) is 4.48. The summed E-state index contributed by atoms with van der Waals surface area (Å²) in [6.45, 7) is -0.220. The fraction of sp³-hybridized carbons (Fsp3) is 0.536. The first-order chi connectivity index (χ1) is 20.7. The topological polar surface area (TPSA) is 115 Å². The Bertz CT molecular complexity index is 1680. The number of rotatable bonds is 5. The fourth-order valence-electron chi connectivity index (χ4n) is 6.98. The molecule has 1 unspecified atom stereocenters. The fourth-order valence-corrected chi connectivity index (χ4v) is 10.9. The first-order valence-electron chi connectivity index (χ1n) is 13.9. The van der Waals surface area contributed by atoms with Gasteiger partial charge in [0.25, 0.3) is 0 Å². The maximum Gasteiger partial charge on any atom is 0.435 e. The molecule has 0 aromatic heterocycles. The number of carbonyl (C=O) groups excluding carboxylic acids is 1. The van der Waals surface area contributed by atoms with Gasteiger partial charge in [-0.2, -0.15) is 26.3 Å². The summed E-state index contributed by atoms with van der Waals surface area (Å²) in [7, 11) is -7.94. The maximum atomic E-state index is 15.0. The second-order valence-electron chi connectivity index (χ2n) is 11.7. The zero-order valence-electron chi connectivity index (χ0n) is 23.3. The van der Waals surface area contributed by atoms with E-state index in [2.05, 4.69) is 0 Å². The minimum Gasteiger partial charge on any atom is -0.336 e. The van der Waals surface area contributed by atoms with Gasteiger partial charge in [-0.05, 0) is 73.4 Å². The van der Waals surface area contributed by atoms with Crippen LogP contribution in [-0.4, -0.2) is 70.1 Å². The van der Waals surface area contributed by atoms with Crippen molar-refractivity contribution >= 4 is 25.6 Å². The minimum absolute atomic E-state index is 0.0990. The van der Waals surface area contributed by atoms with Gasteiger partial charge in [0.1, 0.15) is 20.4 Å². The number of benzene rings is 2. The molecule has 17 heteroatoms. The Morgan fingerprint density at radius 3 is 2.07 bits per heavy atom. The van der Waals surface area contributed by atoms with E-state index in [4.69, 9.17) is 5.73 Å². The number of carbonyl (C=O) groups is 1. The van der Waals surface area contributed by atoms with Gasteiger partial charge < -0.3 is 10.6 Å². The molecule has 0 bridgehead atoms. The van der Waals surface area contributed by atoms with Crippen LogP contribution in [0.2, 0.25) is 0 Å². The van der Waals surface area contributed by atoms with Crippen LogP contribution in [0, 0.1) is 11.7 Å². The Kier molecular flexibility index (Phi) is 8.13. The Morgan fingerprint density at radius 2 is 1.51 bits per heavy atom. The molecule has 0 spiro atoms. The highest BCUT2D eigenvalue weighted by Crippen LogP contribution is 2.56. The monoisotopic (exact) mass is 688 g/mol. The Labute approximate surface area is 253 Å². The van der Waals surface area contributed by atoms with Crippen molar-refractivity contribution in [2.75, 3.05) is 18.1 Å². The van der Waals surface area contributed by atoms with E-state index < -0.39 is 82.6 Å². The number of nitrogens with two attached hydrogens (primary N) is 1. The van der Waals surface area contributed by atoms with Crippen LogP contribution in [0.15, 0.2) is 47.4 Å². The average Bonchev–Trinajstić information content (AvgIpc) is 3.36. The number of hydrogen-bond acceptors (Lipinski definition) is 6. The zero-order valence-corrected chi connectivity index (χ0v) is 25.0. The summed E-state index contributed by atoms with van der Waals surface area (Å²) >= 11 is 0. The molecule has 45 heavy (non-hydrogen) atoms. The van der Waals surface area contributed by atoms with E-state index in [1.54, 1.807) is 0 Å². The van der Waals surface area contributed by atoms with Crippen molar-refractivity contribution in [2.45, 2.75) is 71.9 Å². The highest BCUT2D eigenvalue weighted by atomic mass is 32.2. The van der Waals surface area contributed by atoms with Crippen LogP contribution in [-0.2, 0) is 41.3 Å².